The molecule has 192 valence electrons. The molecule has 2 aromatic carbocycles. The van der Waals surface area contributed by atoms with Crippen LogP contribution in [0.3, 0.4) is 0 Å². The Labute approximate surface area is 207 Å². The lowest BCUT2D eigenvalue weighted by atomic mass is 10.1. The number of nitrogens with one attached hydrogen (secondary N) is 4. The average molecular weight is 523 g/mol. The molecule has 0 aliphatic rings. The Kier molecular flexibility index (Phi) is 10.8. The van der Waals surface area contributed by atoms with Crippen molar-refractivity contribution in [1.82, 2.24) is 9.44 Å². The Hall–Kier alpha value is -2.80. The average Bonchev–Trinajstić information content (AvgIpc) is 2.82. The van der Waals surface area contributed by atoms with E-state index in [1.807, 2.05) is 0 Å². The van der Waals surface area contributed by atoms with Crippen LogP contribution < -0.4 is 20.9 Å². The molecule has 0 radical (unpaired) electrons. The molecule has 2 aromatic rings. The van der Waals surface area contributed by atoms with Crippen molar-refractivity contribution < 1.29 is 16.8 Å². The molecule has 0 amide bonds. The second kappa shape index (κ2) is 13.3. The predicted octanol–water partition coefficient (Wildman–Crippen LogP) is 2.24. The van der Waals surface area contributed by atoms with Crippen LogP contribution in [0.2, 0.25) is 0 Å². The molecular formula is C23H34N6O4S2. The van der Waals surface area contributed by atoms with Crippen LogP contribution in [0.4, 0.5) is 0 Å². The Morgan fingerprint density at radius 3 is 1.14 bits per heavy atom. The van der Waals surface area contributed by atoms with Gasteiger partial charge in [0.15, 0.2) is 0 Å². The molecule has 0 aliphatic heterocycles. The van der Waals surface area contributed by atoms with Crippen molar-refractivity contribution in [2.24, 2.45) is 11.5 Å². The lowest BCUT2D eigenvalue weighted by Gasteiger charge is -2.08. The van der Waals surface area contributed by atoms with Gasteiger partial charge in [-0.15, -0.1) is 0 Å². The van der Waals surface area contributed by atoms with E-state index in [2.05, 4.69) is 9.44 Å². The zero-order valence-electron chi connectivity index (χ0n) is 19.6. The summed E-state index contributed by atoms with van der Waals surface area (Å²) in [7, 11) is -7.16. The van der Waals surface area contributed by atoms with E-state index in [0.29, 0.717) is 24.2 Å². The maximum absolute atomic E-state index is 12.3. The zero-order chi connectivity index (χ0) is 25.9. The summed E-state index contributed by atoms with van der Waals surface area (Å²) in [5.74, 6) is -0.221. The molecule has 0 bridgehead atoms. The fourth-order valence-electron chi connectivity index (χ4n) is 3.34. The molecule has 2 rings (SSSR count). The molecule has 0 aliphatic carbocycles. The van der Waals surface area contributed by atoms with Gasteiger partial charge in [-0.25, -0.2) is 26.3 Å². The normalized spacial score (nSPS) is 11.9. The highest BCUT2D eigenvalue weighted by Gasteiger charge is 2.14. The predicted molar refractivity (Wildman–Crippen MR) is 138 cm³/mol. The number of hydrogen-bond donors (Lipinski definition) is 6. The van der Waals surface area contributed by atoms with Gasteiger partial charge in [0.05, 0.1) is 9.79 Å². The van der Waals surface area contributed by atoms with Gasteiger partial charge in [0, 0.05) is 24.2 Å². The van der Waals surface area contributed by atoms with Crippen LogP contribution in [-0.4, -0.2) is 41.6 Å². The number of rotatable bonds is 16. The highest BCUT2D eigenvalue weighted by Crippen LogP contribution is 2.13. The molecule has 0 heterocycles. The van der Waals surface area contributed by atoms with Crippen molar-refractivity contribution >= 4 is 31.7 Å². The maximum atomic E-state index is 12.3. The summed E-state index contributed by atoms with van der Waals surface area (Å²) < 4.78 is 54.3. The summed E-state index contributed by atoms with van der Waals surface area (Å²) in [6.07, 6.45) is 6.20. The fourth-order valence-corrected chi connectivity index (χ4v) is 5.49. The van der Waals surface area contributed by atoms with Gasteiger partial charge in [-0.2, -0.15) is 0 Å². The van der Waals surface area contributed by atoms with Gasteiger partial charge in [0.2, 0.25) is 20.0 Å². The van der Waals surface area contributed by atoms with Crippen molar-refractivity contribution in [3.05, 3.63) is 59.7 Å². The fraction of sp³-hybridized carbons (Fsp3) is 0.391. The van der Waals surface area contributed by atoms with E-state index in [4.69, 9.17) is 22.3 Å². The summed E-state index contributed by atoms with van der Waals surface area (Å²) >= 11 is 0. The zero-order valence-corrected chi connectivity index (χ0v) is 21.2. The lowest BCUT2D eigenvalue weighted by Crippen LogP contribution is -2.25. The highest BCUT2D eigenvalue weighted by atomic mass is 32.2. The minimum absolute atomic E-state index is 0.111. The van der Waals surface area contributed by atoms with E-state index in [9.17, 15) is 16.8 Å². The first-order chi connectivity index (χ1) is 16.5. The third kappa shape index (κ3) is 9.40. The topological polar surface area (TPSA) is 192 Å². The lowest BCUT2D eigenvalue weighted by molar-refractivity contribution is 0.554. The molecule has 35 heavy (non-hydrogen) atoms. The van der Waals surface area contributed by atoms with E-state index in [1.165, 1.54) is 48.5 Å². The minimum Gasteiger partial charge on any atom is -0.384 e. The first kappa shape index (κ1) is 28.4. The number of nitrogen functional groups attached to an aromatic ring is 2. The van der Waals surface area contributed by atoms with Crippen molar-refractivity contribution in [2.45, 2.75) is 54.7 Å². The van der Waals surface area contributed by atoms with Gasteiger partial charge in [-0.1, -0.05) is 32.1 Å². The minimum atomic E-state index is -3.58. The Morgan fingerprint density at radius 2 is 0.857 bits per heavy atom. The van der Waals surface area contributed by atoms with Gasteiger partial charge in [0.1, 0.15) is 11.7 Å². The summed E-state index contributed by atoms with van der Waals surface area (Å²) in [6.45, 7) is 0.706. The third-order valence-electron chi connectivity index (χ3n) is 5.39. The monoisotopic (exact) mass is 522 g/mol. The van der Waals surface area contributed by atoms with Crippen molar-refractivity contribution in [3.63, 3.8) is 0 Å². The number of nitrogens with two attached hydrogens (primary N) is 2. The Bertz CT molecular complexity index is 1100. The Morgan fingerprint density at radius 1 is 0.571 bits per heavy atom. The molecule has 10 nitrogen and oxygen atoms in total. The van der Waals surface area contributed by atoms with Crippen molar-refractivity contribution in [1.29, 1.82) is 10.8 Å². The summed E-state index contributed by atoms with van der Waals surface area (Å²) in [4.78, 5) is 0.289. The molecule has 0 saturated carbocycles. The molecule has 0 atom stereocenters. The van der Waals surface area contributed by atoms with E-state index in [1.54, 1.807) is 0 Å². The summed E-state index contributed by atoms with van der Waals surface area (Å²) in [5.41, 5.74) is 11.7. The molecular weight excluding hydrogens is 488 g/mol. The highest BCUT2D eigenvalue weighted by molar-refractivity contribution is 7.89. The SMILES string of the molecule is N=C(N)c1ccc(S(=O)(=O)NCCCCCCCCCNS(=O)(=O)c2ccc(C(=N)N)cc2)cc1. The van der Waals surface area contributed by atoms with Crippen LogP contribution in [0.1, 0.15) is 56.1 Å². The molecule has 0 fully saturated rings. The van der Waals surface area contributed by atoms with Gasteiger partial charge in [-0.05, 0) is 61.4 Å². The number of amidine groups is 2. The molecule has 0 spiro atoms. The van der Waals surface area contributed by atoms with Crippen molar-refractivity contribution in [2.75, 3.05) is 13.1 Å². The molecule has 0 aromatic heterocycles. The quantitative estimate of drug-likeness (QED) is 0.111. The number of benzene rings is 2. The third-order valence-corrected chi connectivity index (χ3v) is 8.34. The van der Waals surface area contributed by atoms with Crippen molar-refractivity contribution in [3.8, 4) is 0 Å². The second-order valence-electron chi connectivity index (χ2n) is 8.15. The van der Waals surface area contributed by atoms with Gasteiger partial charge < -0.3 is 11.5 Å². The largest absolute Gasteiger partial charge is 0.384 e. The van der Waals surface area contributed by atoms with Gasteiger partial charge in [-0.3, -0.25) is 10.8 Å². The number of sulfonamides is 2. The van der Waals surface area contributed by atoms with E-state index in [-0.39, 0.29) is 21.5 Å². The van der Waals surface area contributed by atoms with Crippen LogP contribution in [0.25, 0.3) is 0 Å². The maximum Gasteiger partial charge on any atom is 0.240 e. The second-order valence-corrected chi connectivity index (χ2v) is 11.7. The molecule has 0 unspecified atom stereocenters. The van der Waals surface area contributed by atoms with Crippen LogP contribution in [0, 0.1) is 10.8 Å². The smallest absolute Gasteiger partial charge is 0.240 e. The number of hydrogen-bond acceptors (Lipinski definition) is 6. The first-order valence-corrected chi connectivity index (χ1v) is 14.4. The number of unbranched alkanes of at least 4 members (excludes halogenated alkanes) is 6. The standard InChI is InChI=1S/C23H34N6O4S2/c24-22(25)18-8-12-20(13-9-18)34(30,31)28-16-6-4-2-1-3-5-7-17-29-35(32,33)21-14-10-19(11-15-21)23(26)27/h8-15,28-29H,1-7,16-17H2,(H3,24,25)(H3,26,27). The summed E-state index contributed by atoms with van der Waals surface area (Å²) in [6, 6.07) is 11.8. The van der Waals surface area contributed by atoms with Crippen LogP contribution >= 0.6 is 0 Å². The van der Waals surface area contributed by atoms with E-state index in [0.717, 1.165) is 44.9 Å². The molecule has 8 N–H and O–H groups in total. The van der Waals surface area contributed by atoms with E-state index < -0.39 is 20.0 Å². The van der Waals surface area contributed by atoms with Crippen LogP contribution in [0.15, 0.2) is 58.3 Å². The van der Waals surface area contributed by atoms with E-state index >= 15 is 0 Å². The molecule has 0 saturated heterocycles. The Balaban J connectivity index is 1.55. The van der Waals surface area contributed by atoms with Gasteiger partial charge >= 0.3 is 0 Å². The van der Waals surface area contributed by atoms with Gasteiger partial charge in [0.25, 0.3) is 0 Å². The molecule has 12 heteroatoms. The van der Waals surface area contributed by atoms with Crippen LogP contribution in [0.5, 0.6) is 0 Å². The first-order valence-electron chi connectivity index (χ1n) is 11.4. The van der Waals surface area contributed by atoms with Crippen LogP contribution in [-0.2, 0) is 20.0 Å². The summed E-state index contributed by atoms with van der Waals surface area (Å²) in [5, 5.41) is 14.7.